The highest BCUT2D eigenvalue weighted by atomic mass is 35.5. The fourth-order valence-electron chi connectivity index (χ4n) is 3.66. The van der Waals surface area contributed by atoms with Crippen LogP contribution in [0.5, 0.6) is 0 Å². The van der Waals surface area contributed by atoms with Crippen LogP contribution in [0.25, 0.3) is 11.8 Å². The summed E-state index contributed by atoms with van der Waals surface area (Å²) >= 11 is 12.5. The first-order valence-electron chi connectivity index (χ1n) is 9.86. The minimum atomic E-state index is -0.550. The standard InChI is InChI=1S/C22H21Cl2F2N5/c1-15-16(12-28-31(15)22-20(23)13-27-14-21(22)24)3-2-4-29-5-7-30(8-6-29)19-10-17(25)9-18(26)11-19/h2-3,9-14H,4-8H2,1H3. The fourth-order valence-corrected chi connectivity index (χ4v) is 4.18. The molecule has 162 valence electrons. The van der Waals surface area contributed by atoms with Crippen LogP contribution >= 0.6 is 23.2 Å². The Morgan fingerprint density at radius 2 is 1.61 bits per heavy atom. The number of aromatic nitrogens is 3. The number of pyridine rings is 1. The lowest BCUT2D eigenvalue weighted by Crippen LogP contribution is -2.46. The Labute approximate surface area is 189 Å². The third-order valence-corrected chi connectivity index (χ3v) is 5.89. The second-order valence-corrected chi connectivity index (χ2v) is 8.18. The molecule has 1 fully saturated rings. The van der Waals surface area contributed by atoms with Crippen molar-refractivity contribution in [2.24, 2.45) is 0 Å². The van der Waals surface area contributed by atoms with Crippen LogP contribution in [0.4, 0.5) is 14.5 Å². The highest BCUT2D eigenvalue weighted by Gasteiger charge is 2.18. The molecule has 0 amide bonds. The minimum absolute atomic E-state index is 0.435. The fraction of sp³-hybridized carbons (Fsp3) is 0.273. The third kappa shape index (κ3) is 4.89. The maximum absolute atomic E-state index is 13.5. The van der Waals surface area contributed by atoms with Gasteiger partial charge in [-0.1, -0.05) is 35.4 Å². The van der Waals surface area contributed by atoms with Gasteiger partial charge in [-0.2, -0.15) is 5.10 Å². The van der Waals surface area contributed by atoms with E-state index in [9.17, 15) is 8.78 Å². The van der Waals surface area contributed by atoms with Crippen molar-refractivity contribution < 1.29 is 8.78 Å². The second kappa shape index (κ2) is 9.34. The number of hydrogen-bond acceptors (Lipinski definition) is 4. The van der Waals surface area contributed by atoms with Crippen LogP contribution in [-0.2, 0) is 0 Å². The zero-order chi connectivity index (χ0) is 22.0. The van der Waals surface area contributed by atoms with Crippen LogP contribution in [0.1, 0.15) is 11.3 Å². The number of piperazine rings is 1. The van der Waals surface area contributed by atoms with Crippen molar-refractivity contribution in [3.63, 3.8) is 0 Å². The van der Waals surface area contributed by atoms with Gasteiger partial charge in [0.1, 0.15) is 17.3 Å². The normalized spacial score (nSPS) is 15.2. The van der Waals surface area contributed by atoms with E-state index in [1.165, 1.54) is 24.5 Å². The second-order valence-electron chi connectivity index (χ2n) is 7.37. The summed E-state index contributed by atoms with van der Waals surface area (Å²) in [5.74, 6) is -1.10. The zero-order valence-electron chi connectivity index (χ0n) is 16.9. The Morgan fingerprint density at radius 3 is 2.26 bits per heavy atom. The molecular weight excluding hydrogens is 443 g/mol. The molecule has 5 nitrogen and oxygen atoms in total. The molecule has 0 unspecified atom stereocenters. The molecule has 3 aromatic rings. The number of halogens is 4. The molecule has 1 saturated heterocycles. The lowest BCUT2D eigenvalue weighted by Gasteiger charge is -2.35. The summed E-state index contributed by atoms with van der Waals surface area (Å²) in [4.78, 5) is 8.27. The summed E-state index contributed by atoms with van der Waals surface area (Å²) in [6, 6.07) is 3.64. The van der Waals surface area contributed by atoms with Gasteiger partial charge in [0.25, 0.3) is 0 Å². The first-order valence-corrected chi connectivity index (χ1v) is 10.6. The van der Waals surface area contributed by atoms with Crippen LogP contribution in [0.3, 0.4) is 0 Å². The molecule has 0 spiro atoms. The van der Waals surface area contributed by atoms with Crippen LogP contribution < -0.4 is 4.90 Å². The number of nitrogens with zero attached hydrogens (tertiary/aromatic N) is 5. The molecule has 4 rings (SSSR count). The smallest absolute Gasteiger partial charge is 0.128 e. The Hall–Kier alpha value is -2.48. The van der Waals surface area contributed by atoms with Gasteiger partial charge in [-0.3, -0.25) is 9.88 Å². The quantitative estimate of drug-likeness (QED) is 0.533. The predicted molar refractivity (Wildman–Crippen MR) is 120 cm³/mol. The van der Waals surface area contributed by atoms with Crippen LogP contribution in [0.2, 0.25) is 10.0 Å². The summed E-state index contributed by atoms with van der Waals surface area (Å²) in [6.45, 7) is 5.77. The Kier molecular flexibility index (Phi) is 6.55. The third-order valence-electron chi connectivity index (χ3n) is 5.33. The SMILES string of the molecule is Cc1c(C=CCN2CCN(c3cc(F)cc(F)c3)CC2)cnn1-c1c(Cl)cncc1Cl. The number of anilines is 1. The molecule has 3 heterocycles. The van der Waals surface area contributed by atoms with Crippen molar-refractivity contribution in [1.82, 2.24) is 19.7 Å². The maximum Gasteiger partial charge on any atom is 0.128 e. The molecule has 31 heavy (non-hydrogen) atoms. The lowest BCUT2D eigenvalue weighted by molar-refractivity contribution is 0.284. The summed E-state index contributed by atoms with van der Waals surface area (Å²) in [7, 11) is 0. The van der Waals surface area contributed by atoms with E-state index in [4.69, 9.17) is 23.2 Å². The van der Waals surface area contributed by atoms with E-state index in [-0.39, 0.29) is 0 Å². The average Bonchev–Trinajstić information content (AvgIpc) is 3.08. The molecule has 9 heteroatoms. The summed E-state index contributed by atoms with van der Waals surface area (Å²) < 4.78 is 28.6. The van der Waals surface area contributed by atoms with E-state index in [0.717, 1.165) is 37.0 Å². The molecule has 0 saturated carbocycles. The van der Waals surface area contributed by atoms with Gasteiger partial charge < -0.3 is 4.90 Å². The molecule has 0 aliphatic carbocycles. The minimum Gasteiger partial charge on any atom is -0.369 e. The summed E-state index contributed by atoms with van der Waals surface area (Å²) in [5, 5.41) is 5.29. The van der Waals surface area contributed by atoms with Crippen molar-refractivity contribution in [2.75, 3.05) is 37.6 Å². The first-order chi connectivity index (χ1) is 14.9. The van der Waals surface area contributed by atoms with Gasteiger partial charge in [0, 0.05) is 68.1 Å². The van der Waals surface area contributed by atoms with Crippen LogP contribution in [0, 0.1) is 18.6 Å². The van der Waals surface area contributed by atoms with Gasteiger partial charge in [0.15, 0.2) is 0 Å². The molecule has 1 aliphatic heterocycles. The highest BCUT2D eigenvalue weighted by molar-refractivity contribution is 6.37. The van der Waals surface area contributed by atoms with Gasteiger partial charge in [0.05, 0.1) is 16.2 Å². The van der Waals surface area contributed by atoms with Gasteiger partial charge in [-0.15, -0.1) is 0 Å². The van der Waals surface area contributed by atoms with Crippen molar-refractivity contribution >= 4 is 35.0 Å². The monoisotopic (exact) mass is 463 g/mol. The van der Waals surface area contributed by atoms with E-state index in [1.807, 2.05) is 17.9 Å². The van der Waals surface area contributed by atoms with Crippen molar-refractivity contribution in [3.8, 4) is 5.69 Å². The molecular formula is C22H21Cl2F2N5. The van der Waals surface area contributed by atoms with E-state index in [2.05, 4.69) is 21.1 Å². The first kappa shape index (κ1) is 21.7. The van der Waals surface area contributed by atoms with Gasteiger partial charge >= 0.3 is 0 Å². The molecule has 1 aliphatic rings. The number of rotatable bonds is 5. The van der Waals surface area contributed by atoms with Gasteiger partial charge in [-0.25, -0.2) is 13.5 Å². The van der Waals surface area contributed by atoms with Crippen LogP contribution in [0.15, 0.2) is 42.9 Å². The number of hydrogen-bond donors (Lipinski definition) is 0. The summed E-state index contributed by atoms with van der Waals surface area (Å²) in [6.07, 6.45) is 8.96. The molecule has 0 radical (unpaired) electrons. The largest absolute Gasteiger partial charge is 0.369 e. The topological polar surface area (TPSA) is 37.2 Å². The zero-order valence-corrected chi connectivity index (χ0v) is 18.4. The molecule has 0 atom stereocenters. The highest BCUT2D eigenvalue weighted by Crippen LogP contribution is 2.28. The van der Waals surface area contributed by atoms with E-state index < -0.39 is 11.6 Å². The molecule has 2 aromatic heterocycles. The van der Waals surface area contributed by atoms with Crippen molar-refractivity contribution in [3.05, 3.63) is 75.8 Å². The Balaban J connectivity index is 1.37. The molecule has 1 aromatic carbocycles. The summed E-state index contributed by atoms with van der Waals surface area (Å²) in [5.41, 5.74) is 3.09. The van der Waals surface area contributed by atoms with E-state index >= 15 is 0 Å². The van der Waals surface area contributed by atoms with Crippen LogP contribution in [-0.4, -0.2) is 52.4 Å². The van der Waals surface area contributed by atoms with Gasteiger partial charge in [0.2, 0.25) is 0 Å². The molecule has 0 N–H and O–H groups in total. The Morgan fingerprint density at radius 1 is 0.968 bits per heavy atom. The van der Waals surface area contributed by atoms with E-state index in [0.29, 0.717) is 34.5 Å². The lowest BCUT2D eigenvalue weighted by atomic mass is 10.2. The number of benzene rings is 1. The van der Waals surface area contributed by atoms with Crippen molar-refractivity contribution in [1.29, 1.82) is 0 Å². The average molecular weight is 464 g/mol. The van der Waals surface area contributed by atoms with Crippen molar-refractivity contribution in [2.45, 2.75) is 6.92 Å². The predicted octanol–water partition coefficient (Wildman–Crippen LogP) is 5.00. The van der Waals surface area contributed by atoms with Gasteiger partial charge in [-0.05, 0) is 19.1 Å². The van der Waals surface area contributed by atoms with E-state index in [1.54, 1.807) is 10.9 Å². The Bertz CT molecular complexity index is 1070. The molecule has 0 bridgehead atoms. The maximum atomic E-state index is 13.5.